The van der Waals surface area contributed by atoms with Gasteiger partial charge in [-0.1, -0.05) is 32.9 Å². The Morgan fingerprint density at radius 2 is 1.77 bits per heavy atom. The van der Waals surface area contributed by atoms with Crippen LogP contribution in [0.5, 0.6) is 0 Å². The summed E-state index contributed by atoms with van der Waals surface area (Å²) in [5, 5.41) is 4.52. The van der Waals surface area contributed by atoms with Gasteiger partial charge in [-0.05, 0) is 35.2 Å². The van der Waals surface area contributed by atoms with Crippen LogP contribution >= 0.6 is 0 Å². The van der Waals surface area contributed by atoms with Crippen LogP contribution in [0.25, 0.3) is 0 Å². The molecule has 0 spiro atoms. The molecule has 0 fully saturated rings. The highest BCUT2D eigenvalue weighted by molar-refractivity contribution is 5.97. The van der Waals surface area contributed by atoms with Crippen molar-refractivity contribution in [1.29, 1.82) is 0 Å². The normalized spacial score (nSPS) is 10.9. The van der Waals surface area contributed by atoms with E-state index in [2.05, 4.69) is 31.4 Å². The number of hydrogen-bond donors (Lipinski definition) is 2. The van der Waals surface area contributed by atoms with Crippen molar-refractivity contribution in [3.63, 3.8) is 0 Å². The molecule has 0 saturated carbocycles. The zero-order valence-corrected chi connectivity index (χ0v) is 15.0. The van der Waals surface area contributed by atoms with Gasteiger partial charge >= 0.3 is 12.0 Å². The van der Waals surface area contributed by atoms with Gasteiger partial charge in [-0.25, -0.2) is 9.59 Å². The minimum Gasteiger partial charge on any atom is -0.467 e. The maximum absolute atomic E-state index is 12.0. The first-order chi connectivity index (χ1) is 12.3. The molecule has 2 rings (SSSR count). The summed E-state index contributed by atoms with van der Waals surface area (Å²) in [6.07, 6.45) is 1.48. The van der Waals surface area contributed by atoms with Crippen molar-refractivity contribution in [1.82, 2.24) is 10.6 Å². The second-order valence-electron chi connectivity index (χ2n) is 6.71. The fourth-order valence-corrected chi connectivity index (χ4v) is 2.11. The number of benzene rings is 1. The number of imide groups is 1. The first-order valence-corrected chi connectivity index (χ1v) is 8.13. The van der Waals surface area contributed by atoms with Crippen molar-refractivity contribution >= 4 is 17.9 Å². The molecule has 0 aliphatic rings. The van der Waals surface area contributed by atoms with E-state index in [1.165, 1.54) is 6.26 Å². The standard InChI is InChI=1S/C19H22N2O5/c1-19(2,3)14-8-6-13(7-9-14)17(23)26-12-16(22)21-18(24)20-11-15-5-4-10-25-15/h4-10H,11-12H2,1-3H3,(H2,20,21,22,24). The summed E-state index contributed by atoms with van der Waals surface area (Å²) in [6.45, 7) is 5.81. The van der Waals surface area contributed by atoms with E-state index in [0.29, 0.717) is 11.3 Å². The molecule has 1 aromatic carbocycles. The summed E-state index contributed by atoms with van der Waals surface area (Å²) in [5.41, 5.74) is 1.40. The topological polar surface area (TPSA) is 97.6 Å². The highest BCUT2D eigenvalue weighted by atomic mass is 16.5. The van der Waals surface area contributed by atoms with Crippen molar-refractivity contribution in [2.24, 2.45) is 0 Å². The Hall–Kier alpha value is -3.09. The molecule has 138 valence electrons. The first-order valence-electron chi connectivity index (χ1n) is 8.13. The Morgan fingerprint density at radius 3 is 2.35 bits per heavy atom. The van der Waals surface area contributed by atoms with Gasteiger partial charge in [0, 0.05) is 0 Å². The SMILES string of the molecule is CC(C)(C)c1ccc(C(=O)OCC(=O)NC(=O)NCc2ccco2)cc1. The molecule has 1 heterocycles. The summed E-state index contributed by atoms with van der Waals surface area (Å²) >= 11 is 0. The van der Waals surface area contributed by atoms with Crippen LogP contribution in [0.4, 0.5) is 4.79 Å². The molecule has 0 atom stereocenters. The maximum Gasteiger partial charge on any atom is 0.338 e. The van der Waals surface area contributed by atoms with Crippen molar-refractivity contribution < 1.29 is 23.5 Å². The van der Waals surface area contributed by atoms with Crippen molar-refractivity contribution in [3.8, 4) is 0 Å². The average molecular weight is 358 g/mol. The molecule has 7 nitrogen and oxygen atoms in total. The number of rotatable bonds is 5. The lowest BCUT2D eigenvalue weighted by Gasteiger charge is -2.18. The van der Waals surface area contributed by atoms with E-state index in [9.17, 15) is 14.4 Å². The summed E-state index contributed by atoms with van der Waals surface area (Å²) in [5.74, 6) is -0.795. The zero-order valence-electron chi connectivity index (χ0n) is 15.0. The average Bonchev–Trinajstić information content (AvgIpc) is 3.11. The molecule has 0 radical (unpaired) electrons. The number of ether oxygens (including phenoxy) is 1. The zero-order chi connectivity index (χ0) is 19.2. The Morgan fingerprint density at radius 1 is 1.08 bits per heavy atom. The highest BCUT2D eigenvalue weighted by Crippen LogP contribution is 2.22. The number of nitrogens with one attached hydrogen (secondary N) is 2. The minimum absolute atomic E-state index is 0.0225. The van der Waals surface area contributed by atoms with E-state index in [1.54, 1.807) is 24.3 Å². The predicted octanol–water partition coefficient (Wildman–Crippen LogP) is 2.76. The second kappa shape index (κ2) is 8.33. The lowest BCUT2D eigenvalue weighted by Crippen LogP contribution is -2.41. The van der Waals surface area contributed by atoms with Crippen LogP contribution in [0.2, 0.25) is 0 Å². The van der Waals surface area contributed by atoms with Crippen molar-refractivity contribution in [2.75, 3.05) is 6.61 Å². The van der Waals surface area contributed by atoms with E-state index in [-0.39, 0.29) is 12.0 Å². The van der Waals surface area contributed by atoms with Gasteiger partial charge in [0.15, 0.2) is 6.61 Å². The Kier molecular flexibility index (Phi) is 6.16. The number of furan rings is 1. The quantitative estimate of drug-likeness (QED) is 0.801. The smallest absolute Gasteiger partial charge is 0.338 e. The molecule has 0 saturated heterocycles. The third kappa shape index (κ3) is 5.77. The van der Waals surface area contributed by atoms with Gasteiger partial charge in [-0.2, -0.15) is 0 Å². The molecule has 0 bridgehead atoms. The largest absolute Gasteiger partial charge is 0.467 e. The molecule has 1 aromatic heterocycles. The summed E-state index contributed by atoms with van der Waals surface area (Å²) in [7, 11) is 0. The van der Waals surface area contributed by atoms with Gasteiger partial charge in [-0.15, -0.1) is 0 Å². The molecular weight excluding hydrogens is 336 g/mol. The second-order valence-corrected chi connectivity index (χ2v) is 6.71. The molecule has 2 aromatic rings. The van der Waals surface area contributed by atoms with Crippen LogP contribution in [0, 0.1) is 0 Å². The van der Waals surface area contributed by atoms with Crippen LogP contribution in [0.1, 0.15) is 42.5 Å². The Balaban J connectivity index is 1.75. The predicted molar refractivity (Wildman–Crippen MR) is 94.5 cm³/mol. The molecule has 2 N–H and O–H groups in total. The van der Waals surface area contributed by atoms with Gasteiger partial charge in [0.05, 0.1) is 18.4 Å². The third-order valence-electron chi connectivity index (χ3n) is 3.58. The van der Waals surface area contributed by atoms with Gasteiger partial charge < -0.3 is 14.5 Å². The van der Waals surface area contributed by atoms with Crippen LogP contribution in [-0.4, -0.2) is 24.5 Å². The first kappa shape index (κ1) is 19.2. The van der Waals surface area contributed by atoms with E-state index in [4.69, 9.17) is 9.15 Å². The van der Waals surface area contributed by atoms with E-state index in [1.807, 2.05) is 12.1 Å². The molecule has 7 heteroatoms. The van der Waals surface area contributed by atoms with Crippen LogP contribution in [-0.2, 0) is 21.5 Å². The fourth-order valence-electron chi connectivity index (χ4n) is 2.11. The summed E-state index contributed by atoms with van der Waals surface area (Å²) in [4.78, 5) is 35.2. The van der Waals surface area contributed by atoms with Crippen molar-refractivity contribution in [3.05, 3.63) is 59.5 Å². The molecule has 0 unspecified atom stereocenters. The number of hydrogen-bond acceptors (Lipinski definition) is 5. The fraction of sp³-hybridized carbons (Fsp3) is 0.316. The maximum atomic E-state index is 12.0. The van der Waals surface area contributed by atoms with Gasteiger partial charge in [0.1, 0.15) is 5.76 Å². The molecular formula is C19H22N2O5. The van der Waals surface area contributed by atoms with Crippen molar-refractivity contribution in [2.45, 2.75) is 32.7 Å². The summed E-state index contributed by atoms with van der Waals surface area (Å²) in [6, 6.07) is 9.67. The monoisotopic (exact) mass is 358 g/mol. The lowest BCUT2D eigenvalue weighted by molar-refractivity contribution is -0.123. The highest BCUT2D eigenvalue weighted by Gasteiger charge is 2.16. The van der Waals surface area contributed by atoms with Gasteiger partial charge in [0.2, 0.25) is 0 Å². The number of carbonyl (C=O) groups is 3. The molecule has 3 amide bonds. The van der Waals surface area contributed by atoms with Gasteiger partial charge in [-0.3, -0.25) is 10.1 Å². The number of esters is 1. The number of urea groups is 1. The third-order valence-corrected chi connectivity index (χ3v) is 3.58. The Labute approximate surface area is 151 Å². The van der Waals surface area contributed by atoms with E-state index >= 15 is 0 Å². The summed E-state index contributed by atoms with van der Waals surface area (Å²) < 4.78 is 9.97. The lowest BCUT2D eigenvalue weighted by atomic mass is 9.87. The van der Waals surface area contributed by atoms with Crippen LogP contribution < -0.4 is 10.6 Å². The molecule has 26 heavy (non-hydrogen) atoms. The molecule has 0 aliphatic carbocycles. The van der Waals surface area contributed by atoms with Crippen LogP contribution in [0.15, 0.2) is 47.1 Å². The van der Waals surface area contributed by atoms with Crippen LogP contribution in [0.3, 0.4) is 0 Å². The van der Waals surface area contributed by atoms with Gasteiger partial charge in [0.25, 0.3) is 5.91 Å². The Bertz CT molecular complexity index is 758. The molecule has 0 aliphatic heterocycles. The van der Waals surface area contributed by atoms with E-state index in [0.717, 1.165) is 5.56 Å². The van der Waals surface area contributed by atoms with E-state index < -0.39 is 24.5 Å². The number of carbonyl (C=O) groups excluding carboxylic acids is 3. The minimum atomic E-state index is -0.721. The number of amides is 3.